The third-order valence-electron chi connectivity index (χ3n) is 5.28. The third-order valence-corrected chi connectivity index (χ3v) is 5.28. The zero-order valence-corrected chi connectivity index (χ0v) is 15.0. The first-order valence-corrected chi connectivity index (χ1v) is 8.95. The molecule has 0 saturated heterocycles. The number of nitrogens with one attached hydrogen (secondary N) is 2. The molecule has 0 atom stereocenters. The van der Waals surface area contributed by atoms with Crippen molar-refractivity contribution in [2.75, 3.05) is 0 Å². The summed E-state index contributed by atoms with van der Waals surface area (Å²) < 4.78 is 0. The van der Waals surface area contributed by atoms with Crippen molar-refractivity contribution in [2.45, 2.75) is 52.4 Å². The molecule has 0 spiro atoms. The second kappa shape index (κ2) is 5.70. The summed E-state index contributed by atoms with van der Waals surface area (Å²) in [6.07, 6.45) is 2.71. The number of aryl methyl sites for hydroxylation is 4. The summed E-state index contributed by atoms with van der Waals surface area (Å²) in [5, 5.41) is 0. The number of aromatic amines is 2. The monoisotopic (exact) mass is 318 g/mol. The van der Waals surface area contributed by atoms with E-state index in [4.69, 9.17) is 0 Å². The molecule has 4 rings (SSSR count). The van der Waals surface area contributed by atoms with Crippen molar-refractivity contribution in [3.63, 3.8) is 0 Å². The van der Waals surface area contributed by atoms with Gasteiger partial charge in [0.15, 0.2) is 0 Å². The SMILES string of the molecule is Cc1cc(C)c(C(c2ccc(C3CC3)cc2)c2[nH]c(C)cc2C)[nH]1. The van der Waals surface area contributed by atoms with Crippen molar-refractivity contribution in [3.8, 4) is 0 Å². The van der Waals surface area contributed by atoms with Crippen molar-refractivity contribution >= 4 is 0 Å². The summed E-state index contributed by atoms with van der Waals surface area (Å²) >= 11 is 0. The van der Waals surface area contributed by atoms with E-state index in [2.05, 4.69) is 74.1 Å². The van der Waals surface area contributed by atoms with E-state index in [0.717, 1.165) is 5.92 Å². The van der Waals surface area contributed by atoms with E-state index in [1.165, 1.54) is 57.9 Å². The Kier molecular flexibility index (Phi) is 3.64. The van der Waals surface area contributed by atoms with E-state index in [1.807, 2.05) is 0 Å². The lowest BCUT2D eigenvalue weighted by Crippen LogP contribution is -2.07. The molecule has 1 fully saturated rings. The van der Waals surface area contributed by atoms with E-state index in [0.29, 0.717) is 0 Å². The van der Waals surface area contributed by atoms with Crippen LogP contribution in [-0.2, 0) is 0 Å². The first-order chi connectivity index (χ1) is 11.5. The molecule has 24 heavy (non-hydrogen) atoms. The molecular weight excluding hydrogens is 292 g/mol. The van der Waals surface area contributed by atoms with Crippen molar-refractivity contribution in [2.24, 2.45) is 0 Å². The Morgan fingerprint density at radius 2 is 1.29 bits per heavy atom. The topological polar surface area (TPSA) is 31.6 Å². The van der Waals surface area contributed by atoms with Gasteiger partial charge in [0, 0.05) is 22.8 Å². The number of hydrogen-bond donors (Lipinski definition) is 2. The largest absolute Gasteiger partial charge is 0.361 e. The van der Waals surface area contributed by atoms with Crippen LogP contribution in [0.5, 0.6) is 0 Å². The van der Waals surface area contributed by atoms with Crippen LogP contribution in [-0.4, -0.2) is 9.97 Å². The van der Waals surface area contributed by atoms with Crippen LogP contribution in [0.4, 0.5) is 0 Å². The Morgan fingerprint density at radius 3 is 1.67 bits per heavy atom. The highest BCUT2D eigenvalue weighted by Crippen LogP contribution is 2.41. The van der Waals surface area contributed by atoms with Crippen molar-refractivity contribution < 1.29 is 0 Å². The average molecular weight is 318 g/mol. The second-order valence-electron chi connectivity index (χ2n) is 7.47. The summed E-state index contributed by atoms with van der Waals surface area (Å²) in [5.41, 5.74) is 10.6. The first-order valence-electron chi connectivity index (χ1n) is 8.95. The lowest BCUT2D eigenvalue weighted by atomic mass is 9.88. The molecule has 2 nitrogen and oxygen atoms in total. The van der Waals surface area contributed by atoms with Gasteiger partial charge in [-0.05, 0) is 80.8 Å². The molecule has 0 radical (unpaired) electrons. The van der Waals surface area contributed by atoms with Gasteiger partial charge in [-0.2, -0.15) is 0 Å². The van der Waals surface area contributed by atoms with E-state index >= 15 is 0 Å². The van der Waals surface area contributed by atoms with Gasteiger partial charge in [0.1, 0.15) is 0 Å². The predicted octanol–water partition coefficient (Wildman–Crippen LogP) is 5.63. The summed E-state index contributed by atoms with van der Waals surface area (Å²) in [6, 6.07) is 13.8. The number of H-pyrrole nitrogens is 2. The smallest absolute Gasteiger partial charge is 0.0646 e. The zero-order chi connectivity index (χ0) is 16.8. The average Bonchev–Trinajstić information content (AvgIpc) is 3.26. The van der Waals surface area contributed by atoms with Gasteiger partial charge >= 0.3 is 0 Å². The maximum absolute atomic E-state index is 3.61. The van der Waals surface area contributed by atoms with Crippen molar-refractivity contribution in [1.82, 2.24) is 9.97 Å². The summed E-state index contributed by atoms with van der Waals surface area (Å²) in [7, 11) is 0. The molecule has 3 aromatic rings. The van der Waals surface area contributed by atoms with Gasteiger partial charge in [-0.15, -0.1) is 0 Å². The van der Waals surface area contributed by atoms with E-state index in [9.17, 15) is 0 Å². The van der Waals surface area contributed by atoms with Crippen LogP contribution in [0, 0.1) is 27.7 Å². The minimum atomic E-state index is 0.237. The fourth-order valence-corrected chi connectivity index (χ4v) is 3.95. The lowest BCUT2D eigenvalue weighted by Gasteiger charge is -2.19. The maximum atomic E-state index is 3.61. The van der Waals surface area contributed by atoms with E-state index in [1.54, 1.807) is 0 Å². The number of benzene rings is 1. The molecule has 124 valence electrons. The van der Waals surface area contributed by atoms with Crippen LogP contribution in [0.15, 0.2) is 36.4 Å². The van der Waals surface area contributed by atoms with Crippen LogP contribution in [0.25, 0.3) is 0 Å². The van der Waals surface area contributed by atoms with Gasteiger partial charge in [0.25, 0.3) is 0 Å². The van der Waals surface area contributed by atoms with E-state index < -0.39 is 0 Å². The molecule has 1 saturated carbocycles. The van der Waals surface area contributed by atoms with Crippen molar-refractivity contribution in [1.29, 1.82) is 0 Å². The van der Waals surface area contributed by atoms with Gasteiger partial charge in [0.2, 0.25) is 0 Å². The standard InChI is InChI=1S/C22H26N2/c1-13-11-15(3)23-21(13)20(22-14(2)12-16(4)24-22)19-9-7-18(8-10-19)17-5-6-17/h7-12,17,20,23-24H,5-6H2,1-4H3. The minimum absolute atomic E-state index is 0.237. The zero-order valence-electron chi connectivity index (χ0n) is 15.0. The highest BCUT2D eigenvalue weighted by atomic mass is 14.8. The summed E-state index contributed by atoms with van der Waals surface area (Å²) in [5.74, 6) is 1.04. The van der Waals surface area contributed by atoms with Gasteiger partial charge in [0.05, 0.1) is 5.92 Å². The maximum Gasteiger partial charge on any atom is 0.0646 e. The first kappa shape index (κ1) is 15.3. The third kappa shape index (κ3) is 2.71. The number of rotatable bonds is 4. The van der Waals surface area contributed by atoms with Crippen LogP contribution in [0.2, 0.25) is 0 Å². The molecule has 2 heteroatoms. The number of hydrogen-bond acceptors (Lipinski definition) is 0. The molecular formula is C22H26N2. The molecule has 2 aromatic heterocycles. The fraction of sp³-hybridized carbons (Fsp3) is 0.364. The normalized spacial score (nSPS) is 14.5. The Labute approximate surface area is 144 Å². The molecule has 1 aliphatic rings. The molecule has 1 aliphatic carbocycles. The van der Waals surface area contributed by atoms with Crippen LogP contribution < -0.4 is 0 Å². The van der Waals surface area contributed by atoms with Gasteiger partial charge in [-0.1, -0.05) is 24.3 Å². The highest BCUT2D eigenvalue weighted by Gasteiger charge is 2.26. The van der Waals surface area contributed by atoms with Crippen LogP contribution >= 0.6 is 0 Å². The molecule has 2 N–H and O–H groups in total. The van der Waals surface area contributed by atoms with E-state index in [-0.39, 0.29) is 5.92 Å². The lowest BCUT2D eigenvalue weighted by molar-refractivity contribution is 0.868. The molecule has 2 heterocycles. The summed E-state index contributed by atoms with van der Waals surface area (Å²) in [6.45, 7) is 8.68. The van der Waals surface area contributed by atoms with Gasteiger partial charge < -0.3 is 9.97 Å². The molecule has 1 aromatic carbocycles. The molecule has 0 aliphatic heterocycles. The minimum Gasteiger partial charge on any atom is -0.361 e. The van der Waals surface area contributed by atoms with Crippen molar-refractivity contribution in [3.05, 3.63) is 81.4 Å². The van der Waals surface area contributed by atoms with Gasteiger partial charge in [-0.3, -0.25) is 0 Å². The van der Waals surface area contributed by atoms with Crippen LogP contribution in [0.3, 0.4) is 0 Å². The predicted molar refractivity (Wildman–Crippen MR) is 99.9 cm³/mol. The van der Waals surface area contributed by atoms with Crippen LogP contribution in [0.1, 0.15) is 69.7 Å². The summed E-state index contributed by atoms with van der Waals surface area (Å²) in [4.78, 5) is 7.22. The van der Waals surface area contributed by atoms with Gasteiger partial charge in [-0.25, -0.2) is 0 Å². The fourth-order valence-electron chi connectivity index (χ4n) is 3.95. The Morgan fingerprint density at radius 1 is 0.792 bits per heavy atom. The quantitative estimate of drug-likeness (QED) is 0.624. The highest BCUT2D eigenvalue weighted by molar-refractivity contribution is 5.46. The number of aromatic nitrogens is 2. The molecule has 0 amide bonds. The molecule has 0 unspecified atom stereocenters. The second-order valence-corrected chi connectivity index (χ2v) is 7.47. The Bertz CT molecular complexity index is 814. The molecule has 0 bridgehead atoms. The Hall–Kier alpha value is -2.22. The Balaban J connectivity index is 1.83.